The van der Waals surface area contributed by atoms with Crippen LogP contribution >= 0.6 is 0 Å². The van der Waals surface area contributed by atoms with Crippen molar-refractivity contribution in [2.45, 2.75) is 50.2 Å². The van der Waals surface area contributed by atoms with E-state index in [1.165, 1.54) is 0 Å². The molecule has 3 unspecified atom stereocenters. The van der Waals surface area contributed by atoms with Crippen LogP contribution in [-0.2, 0) is 32.0 Å². The number of hydrogen-bond donors (Lipinski definition) is 7. The fourth-order valence-corrected chi connectivity index (χ4v) is 4.27. The molecule has 2 aromatic carbocycles. The predicted octanol–water partition coefficient (Wildman–Crippen LogP) is 0.580. The van der Waals surface area contributed by atoms with Crippen molar-refractivity contribution in [3.63, 3.8) is 0 Å². The summed E-state index contributed by atoms with van der Waals surface area (Å²) in [5, 5.41) is 17.7. The van der Waals surface area contributed by atoms with E-state index in [4.69, 9.17) is 16.6 Å². The number of aromatic amines is 1. The van der Waals surface area contributed by atoms with Crippen LogP contribution in [0.3, 0.4) is 0 Å². The van der Waals surface area contributed by atoms with Gasteiger partial charge in [-0.25, -0.2) is 0 Å². The number of carboxylic acid groups (broad SMARTS) is 1. The van der Waals surface area contributed by atoms with E-state index in [-0.39, 0.29) is 12.8 Å². The Balaban J connectivity index is 1.81. The number of para-hydroxylation sites is 1. The summed E-state index contributed by atoms with van der Waals surface area (Å²) in [4.78, 5) is 53.5. The van der Waals surface area contributed by atoms with Crippen LogP contribution < -0.4 is 27.4 Å². The molecule has 0 saturated carbocycles. The molecule has 11 heteroatoms. The van der Waals surface area contributed by atoms with Crippen molar-refractivity contribution in [2.24, 2.45) is 11.5 Å². The lowest BCUT2D eigenvalue weighted by Gasteiger charge is -2.24. The number of aromatic nitrogens is 1. The lowest BCUT2D eigenvalue weighted by molar-refractivity contribution is -0.138. The number of benzene rings is 2. The van der Waals surface area contributed by atoms with E-state index < -0.39 is 48.4 Å². The fourth-order valence-electron chi connectivity index (χ4n) is 4.27. The van der Waals surface area contributed by atoms with E-state index in [0.29, 0.717) is 19.4 Å². The molecule has 3 rings (SSSR count). The second kappa shape index (κ2) is 14.6. The van der Waals surface area contributed by atoms with Gasteiger partial charge in [-0.05, 0) is 36.6 Å². The van der Waals surface area contributed by atoms with Gasteiger partial charge in [-0.1, -0.05) is 55.0 Å². The SMILES string of the molecule is NCCCCC(N)C(=O)NC(Cc1ccccc1)C(=O)NC(Cc1c[nH]c2ccccc12)C(=O)NCC(=O)O. The summed E-state index contributed by atoms with van der Waals surface area (Å²) in [5.74, 6) is -2.93. The van der Waals surface area contributed by atoms with Gasteiger partial charge in [0.1, 0.15) is 18.6 Å². The lowest BCUT2D eigenvalue weighted by atomic mass is 10.0. The number of amides is 3. The van der Waals surface area contributed by atoms with Gasteiger partial charge in [-0.3, -0.25) is 19.2 Å². The van der Waals surface area contributed by atoms with Crippen LogP contribution in [0.15, 0.2) is 60.8 Å². The van der Waals surface area contributed by atoms with Crippen LogP contribution in [0.25, 0.3) is 10.9 Å². The zero-order valence-electron chi connectivity index (χ0n) is 21.7. The molecule has 0 bridgehead atoms. The Morgan fingerprint density at radius 2 is 1.51 bits per heavy atom. The van der Waals surface area contributed by atoms with E-state index >= 15 is 0 Å². The molecule has 0 saturated heterocycles. The van der Waals surface area contributed by atoms with Gasteiger partial charge in [-0.2, -0.15) is 0 Å². The summed E-state index contributed by atoms with van der Waals surface area (Å²) in [6, 6.07) is 13.7. The molecule has 208 valence electrons. The Hall–Kier alpha value is -4.22. The minimum absolute atomic E-state index is 0.103. The third-order valence-electron chi connectivity index (χ3n) is 6.37. The summed E-state index contributed by atoms with van der Waals surface area (Å²) in [6.07, 6.45) is 3.85. The average Bonchev–Trinajstić information content (AvgIpc) is 3.34. The maximum atomic E-state index is 13.5. The average molecular weight is 537 g/mol. The van der Waals surface area contributed by atoms with Crippen LogP contribution in [0.1, 0.15) is 30.4 Å². The highest BCUT2D eigenvalue weighted by molar-refractivity contribution is 5.94. The van der Waals surface area contributed by atoms with Crippen LogP contribution in [0.2, 0.25) is 0 Å². The Kier molecular flexibility index (Phi) is 11.0. The minimum atomic E-state index is -1.21. The molecule has 3 amide bonds. The largest absolute Gasteiger partial charge is 0.480 e. The Morgan fingerprint density at radius 3 is 2.23 bits per heavy atom. The van der Waals surface area contributed by atoms with Crippen molar-refractivity contribution in [2.75, 3.05) is 13.1 Å². The molecule has 11 nitrogen and oxygen atoms in total. The molecule has 3 atom stereocenters. The molecular weight excluding hydrogens is 500 g/mol. The third-order valence-corrected chi connectivity index (χ3v) is 6.37. The van der Waals surface area contributed by atoms with Gasteiger partial charge in [0.25, 0.3) is 0 Å². The number of fused-ring (bicyclic) bond motifs is 1. The number of unbranched alkanes of at least 4 members (excludes halogenated alkanes) is 1. The van der Waals surface area contributed by atoms with Crippen LogP contribution in [0.5, 0.6) is 0 Å². The number of carbonyl (C=O) groups is 4. The van der Waals surface area contributed by atoms with E-state index in [0.717, 1.165) is 28.5 Å². The Bertz CT molecular complexity index is 1260. The van der Waals surface area contributed by atoms with E-state index in [1.54, 1.807) is 6.20 Å². The van der Waals surface area contributed by atoms with Crippen molar-refractivity contribution in [3.8, 4) is 0 Å². The molecular formula is C28H36N6O5. The number of hydrogen-bond acceptors (Lipinski definition) is 6. The third kappa shape index (κ3) is 8.94. The number of rotatable bonds is 15. The highest BCUT2D eigenvalue weighted by Crippen LogP contribution is 2.19. The molecule has 0 aliphatic rings. The van der Waals surface area contributed by atoms with E-state index in [9.17, 15) is 19.2 Å². The first-order valence-electron chi connectivity index (χ1n) is 12.9. The van der Waals surface area contributed by atoms with Crippen molar-refractivity contribution >= 4 is 34.6 Å². The van der Waals surface area contributed by atoms with Gasteiger partial charge in [0.2, 0.25) is 17.7 Å². The van der Waals surface area contributed by atoms with Crippen LogP contribution in [-0.4, -0.2) is 65.0 Å². The van der Waals surface area contributed by atoms with Gasteiger partial charge in [0, 0.05) is 29.9 Å². The zero-order valence-corrected chi connectivity index (χ0v) is 21.7. The first-order valence-corrected chi connectivity index (χ1v) is 12.9. The number of nitrogens with one attached hydrogen (secondary N) is 4. The van der Waals surface area contributed by atoms with Gasteiger partial charge >= 0.3 is 5.97 Å². The highest BCUT2D eigenvalue weighted by Gasteiger charge is 2.29. The van der Waals surface area contributed by atoms with Gasteiger partial charge in [0.15, 0.2) is 0 Å². The normalized spacial score (nSPS) is 13.3. The van der Waals surface area contributed by atoms with Gasteiger partial charge in [0.05, 0.1) is 6.04 Å². The highest BCUT2D eigenvalue weighted by atomic mass is 16.4. The molecule has 0 fully saturated rings. The van der Waals surface area contributed by atoms with Gasteiger partial charge in [-0.15, -0.1) is 0 Å². The van der Waals surface area contributed by atoms with Gasteiger partial charge < -0.3 is 37.5 Å². The van der Waals surface area contributed by atoms with Crippen molar-refractivity contribution in [1.82, 2.24) is 20.9 Å². The summed E-state index contributed by atoms with van der Waals surface area (Å²) in [6.45, 7) is -0.101. The predicted molar refractivity (Wildman–Crippen MR) is 148 cm³/mol. The summed E-state index contributed by atoms with van der Waals surface area (Å²) in [5.41, 5.74) is 14.0. The maximum absolute atomic E-state index is 13.5. The Morgan fingerprint density at radius 1 is 0.846 bits per heavy atom. The lowest BCUT2D eigenvalue weighted by Crippen LogP contribution is -2.57. The van der Waals surface area contributed by atoms with Crippen LogP contribution in [0.4, 0.5) is 0 Å². The molecule has 0 aliphatic heterocycles. The second-order valence-corrected chi connectivity index (χ2v) is 9.38. The molecule has 1 heterocycles. The quantitative estimate of drug-likeness (QED) is 0.138. The summed E-state index contributed by atoms with van der Waals surface area (Å²) < 4.78 is 0. The first kappa shape index (κ1) is 29.3. The smallest absolute Gasteiger partial charge is 0.322 e. The number of aliphatic carboxylic acids is 1. The second-order valence-electron chi connectivity index (χ2n) is 9.38. The fraction of sp³-hybridized carbons (Fsp3) is 0.357. The summed E-state index contributed by atoms with van der Waals surface area (Å²) in [7, 11) is 0. The monoisotopic (exact) mass is 536 g/mol. The molecule has 1 aromatic heterocycles. The molecule has 0 radical (unpaired) electrons. The molecule has 3 aromatic rings. The molecule has 0 aliphatic carbocycles. The van der Waals surface area contributed by atoms with Crippen LogP contribution in [0, 0.1) is 0 Å². The Labute approximate surface area is 226 Å². The number of carboxylic acids is 1. The number of H-pyrrole nitrogens is 1. The summed E-state index contributed by atoms with van der Waals surface area (Å²) >= 11 is 0. The standard InChI is InChI=1S/C28H36N6O5/c29-13-7-6-11-21(30)26(37)33-23(14-18-8-2-1-3-9-18)28(39)34-24(27(38)32-17-25(35)36)15-19-16-31-22-12-5-4-10-20(19)22/h1-5,8-10,12,16,21,23-24,31H,6-7,11,13-15,17,29-30H2,(H,32,38)(H,33,37)(H,34,39)(H,35,36). The zero-order chi connectivity index (χ0) is 28.2. The minimum Gasteiger partial charge on any atom is -0.480 e. The van der Waals surface area contributed by atoms with E-state index in [1.807, 2.05) is 54.6 Å². The molecule has 39 heavy (non-hydrogen) atoms. The van der Waals surface area contributed by atoms with Crippen molar-refractivity contribution < 1.29 is 24.3 Å². The first-order chi connectivity index (χ1) is 18.8. The maximum Gasteiger partial charge on any atom is 0.322 e. The topological polar surface area (TPSA) is 192 Å². The number of nitrogens with two attached hydrogens (primary N) is 2. The molecule has 9 N–H and O–H groups in total. The number of carbonyl (C=O) groups excluding carboxylic acids is 3. The molecule has 0 spiro atoms. The van der Waals surface area contributed by atoms with Crippen molar-refractivity contribution in [3.05, 3.63) is 71.9 Å². The van der Waals surface area contributed by atoms with Crippen molar-refractivity contribution in [1.29, 1.82) is 0 Å². The van der Waals surface area contributed by atoms with E-state index in [2.05, 4.69) is 20.9 Å².